The van der Waals surface area contributed by atoms with Crippen LogP contribution < -0.4 is 5.32 Å². The van der Waals surface area contributed by atoms with Gasteiger partial charge in [-0.3, -0.25) is 4.79 Å². The zero-order valence-electron chi connectivity index (χ0n) is 12.1. The van der Waals surface area contributed by atoms with E-state index in [1.165, 1.54) is 12.3 Å². The molecular weight excluding hydrogens is 304 g/mol. The van der Waals surface area contributed by atoms with Crippen LogP contribution in [0.3, 0.4) is 0 Å². The largest absolute Gasteiger partial charge is 0.467 e. The first kappa shape index (κ1) is 16.3. The van der Waals surface area contributed by atoms with Crippen molar-refractivity contribution in [3.05, 3.63) is 59.3 Å². The molecule has 22 heavy (non-hydrogen) atoms. The smallest absolute Gasteiger partial charge is 0.244 e. The van der Waals surface area contributed by atoms with Crippen molar-refractivity contribution >= 4 is 23.6 Å². The second kappa shape index (κ2) is 7.77. The lowest BCUT2D eigenvalue weighted by Crippen LogP contribution is -2.32. The average molecular weight is 321 g/mol. The quantitative estimate of drug-likeness (QED) is 0.634. The molecule has 1 amide bonds. The molecule has 2 aromatic heterocycles. The van der Waals surface area contributed by atoms with Crippen LogP contribution in [0.2, 0.25) is 5.15 Å². The van der Waals surface area contributed by atoms with Gasteiger partial charge in [-0.15, -0.1) is 0 Å². The van der Waals surface area contributed by atoms with Gasteiger partial charge in [0.1, 0.15) is 17.0 Å². The van der Waals surface area contributed by atoms with Crippen LogP contribution in [0, 0.1) is 0 Å². The van der Waals surface area contributed by atoms with Crippen LogP contribution in [-0.4, -0.2) is 22.0 Å². The van der Waals surface area contributed by atoms with Gasteiger partial charge in [0.15, 0.2) is 0 Å². The number of hydrogen-bond donors (Lipinski definition) is 2. The summed E-state index contributed by atoms with van der Waals surface area (Å²) in [5, 5.41) is 13.1. The summed E-state index contributed by atoms with van der Waals surface area (Å²) in [6.45, 7) is 1.82. The maximum atomic E-state index is 11.8. The number of aliphatic hydroxyl groups excluding tert-OH is 1. The molecule has 2 unspecified atom stereocenters. The number of nitrogens with one attached hydrogen (secondary N) is 1. The number of pyridine rings is 1. The molecule has 0 saturated carbocycles. The molecule has 0 aliphatic carbocycles. The molecule has 5 nitrogen and oxygen atoms in total. The predicted molar refractivity (Wildman–Crippen MR) is 84.2 cm³/mol. The van der Waals surface area contributed by atoms with E-state index in [4.69, 9.17) is 16.0 Å². The molecule has 0 spiro atoms. The van der Waals surface area contributed by atoms with Crippen molar-refractivity contribution in [3.8, 4) is 0 Å². The highest BCUT2D eigenvalue weighted by molar-refractivity contribution is 6.29. The van der Waals surface area contributed by atoms with Gasteiger partial charge in [-0.25, -0.2) is 4.98 Å². The Kier molecular flexibility index (Phi) is 5.75. The summed E-state index contributed by atoms with van der Waals surface area (Å²) in [4.78, 5) is 15.7. The van der Waals surface area contributed by atoms with Crippen LogP contribution in [0.5, 0.6) is 0 Å². The third kappa shape index (κ3) is 5.02. The van der Waals surface area contributed by atoms with E-state index in [1.54, 1.807) is 36.5 Å². The Morgan fingerprint density at radius 2 is 2.32 bits per heavy atom. The maximum Gasteiger partial charge on any atom is 0.244 e. The van der Waals surface area contributed by atoms with Gasteiger partial charge < -0.3 is 14.8 Å². The van der Waals surface area contributed by atoms with E-state index >= 15 is 0 Å². The molecule has 116 valence electrons. The van der Waals surface area contributed by atoms with Crippen molar-refractivity contribution in [1.82, 2.24) is 10.3 Å². The van der Waals surface area contributed by atoms with Gasteiger partial charge in [0.25, 0.3) is 0 Å². The summed E-state index contributed by atoms with van der Waals surface area (Å²) in [6.07, 6.45) is 5.78. The maximum absolute atomic E-state index is 11.8. The lowest BCUT2D eigenvalue weighted by atomic mass is 10.1. The van der Waals surface area contributed by atoms with Crippen LogP contribution in [0.15, 0.2) is 47.2 Å². The van der Waals surface area contributed by atoms with E-state index in [2.05, 4.69) is 10.3 Å². The average Bonchev–Trinajstić information content (AvgIpc) is 3.01. The fourth-order valence-electron chi connectivity index (χ4n) is 1.94. The van der Waals surface area contributed by atoms with Crippen molar-refractivity contribution in [2.75, 3.05) is 0 Å². The topological polar surface area (TPSA) is 75.4 Å². The monoisotopic (exact) mass is 320 g/mol. The zero-order chi connectivity index (χ0) is 15.9. The minimum absolute atomic E-state index is 0.194. The first-order valence-electron chi connectivity index (χ1n) is 6.86. The van der Waals surface area contributed by atoms with E-state index in [0.717, 1.165) is 5.56 Å². The van der Waals surface area contributed by atoms with Crippen LogP contribution in [-0.2, 0) is 4.79 Å². The van der Waals surface area contributed by atoms with Gasteiger partial charge in [0.05, 0.1) is 6.26 Å². The number of furan rings is 1. The first-order chi connectivity index (χ1) is 10.5. The van der Waals surface area contributed by atoms with Gasteiger partial charge in [0, 0.05) is 24.7 Å². The molecule has 0 aliphatic rings. The summed E-state index contributed by atoms with van der Waals surface area (Å²) < 4.78 is 5.12. The minimum atomic E-state index is -0.741. The van der Waals surface area contributed by atoms with E-state index in [-0.39, 0.29) is 11.9 Å². The lowest BCUT2D eigenvalue weighted by Gasteiger charge is -2.15. The number of rotatable bonds is 6. The van der Waals surface area contributed by atoms with E-state index in [0.29, 0.717) is 17.3 Å². The Morgan fingerprint density at radius 1 is 1.50 bits per heavy atom. The van der Waals surface area contributed by atoms with Crippen molar-refractivity contribution in [3.63, 3.8) is 0 Å². The molecule has 6 heteroatoms. The summed E-state index contributed by atoms with van der Waals surface area (Å²) in [7, 11) is 0. The highest BCUT2D eigenvalue weighted by atomic mass is 35.5. The van der Waals surface area contributed by atoms with Gasteiger partial charge in [-0.2, -0.15) is 0 Å². The van der Waals surface area contributed by atoms with E-state index in [1.807, 2.05) is 6.92 Å². The standard InChI is InChI=1S/C16H17ClN2O3/c1-11(9-13(20)14-3-2-8-22-14)19-16(21)7-5-12-4-6-15(17)18-10-12/h2-8,10-11,13,20H,9H2,1H3,(H,19,21)/b7-5+. The highest BCUT2D eigenvalue weighted by Crippen LogP contribution is 2.18. The predicted octanol–water partition coefficient (Wildman–Crippen LogP) is 2.97. The number of aromatic nitrogens is 1. The van der Waals surface area contributed by atoms with Gasteiger partial charge in [0.2, 0.25) is 5.91 Å². The molecule has 0 aromatic carbocycles. The lowest BCUT2D eigenvalue weighted by molar-refractivity contribution is -0.117. The molecule has 2 heterocycles. The van der Waals surface area contributed by atoms with Crippen LogP contribution >= 0.6 is 11.6 Å². The van der Waals surface area contributed by atoms with Crippen molar-refractivity contribution in [2.24, 2.45) is 0 Å². The summed E-state index contributed by atoms with van der Waals surface area (Å²) >= 11 is 5.69. The molecule has 2 aromatic rings. The van der Waals surface area contributed by atoms with Gasteiger partial charge in [-0.05, 0) is 36.8 Å². The highest BCUT2D eigenvalue weighted by Gasteiger charge is 2.15. The summed E-state index contributed by atoms with van der Waals surface area (Å²) in [5.41, 5.74) is 0.780. The third-order valence-electron chi connectivity index (χ3n) is 3.01. The Hall–Kier alpha value is -2.11. The van der Waals surface area contributed by atoms with E-state index < -0.39 is 6.10 Å². The number of carbonyl (C=O) groups is 1. The minimum Gasteiger partial charge on any atom is -0.467 e. The Balaban J connectivity index is 1.82. The number of aliphatic hydroxyl groups is 1. The van der Waals surface area contributed by atoms with Crippen molar-refractivity contribution in [2.45, 2.75) is 25.5 Å². The van der Waals surface area contributed by atoms with E-state index in [9.17, 15) is 9.90 Å². The molecule has 0 fully saturated rings. The van der Waals surface area contributed by atoms with Crippen LogP contribution in [0.1, 0.15) is 30.8 Å². The van der Waals surface area contributed by atoms with Crippen molar-refractivity contribution in [1.29, 1.82) is 0 Å². The van der Waals surface area contributed by atoms with Crippen LogP contribution in [0.25, 0.3) is 6.08 Å². The number of carbonyl (C=O) groups excluding carboxylic acids is 1. The SMILES string of the molecule is CC(CC(O)c1ccco1)NC(=O)/C=C/c1ccc(Cl)nc1. The molecule has 0 saturated heterocycles. The number of hydrogen-bond acceptors (Lipinski definition) is 4. The Bertz CT molecular complexity index is 623. The summed E-state index contributed by atoms with van der Waals surface area (Å²) in [5.74, 6) is 0.248. The van der Waals surface area contributed by atoms with Gasteiger partial charge >= 0.3 is 0 Å². The third-order valence-corrected chi connectivity index (χ3v) is 3.24. The number of amides is 1. The molecule has 0 aliphatic heterocycles. The molecule has 0 radical (unpaired) electrons. The molecule has 2 N–H and O–H groups in total. The molecule has 0 bridgehead atoms. The number of nitrogens with zero attached hydrogens (tertiary/aromatic N) is 1. The second-order valence-electron chi connectivity index (χ2n) is 4.92. The first-order valence-corrected chi connectivity index (χ1v) is 7.24. The molecule has 2 atom stereocenters. The fraction of sp³-hybridized carbons (Fsp3) is 0.250. The Morgan fingerprint density at radius 3 is 2.95 bits per heavy atom. The number of halogens is 1. The fourth-order valence-corrected chi connectivity index (χ4v) is 2.05. The van der Waals surface area contributed by atoms with Gasteiger partial charge in [-0.1, -0.05) is 17.7 Å². The second-order valence-corrected chi connectivity index (χ2v) is 5.31. The van der Waals surface area contributed by atoms with Crippen LogP contribution in [0.4, 0.5) is 0 Å². The molecule has 2 rings (SSSR count). The molecular formula is C16H17ClN2O3. The summed E-state index contributed by atoms with van der Waals surface area (Å²) in [6, 6.07) is 6.64. The normalized spacial score (nSPS) is 14.0. The zero-order valence-corrected chi connectivity index (χ0v) is 12.8. The van der Waals surface area contributed by atoms with Crippen molar-refractivity contribution < 1.29 is 14.3 Å². The Labute approximate surface area is 133 Å².